The molecular weight excluding hydrogens is 333 g/mol. The molecule has 0 aromatic heterocycles. The molecule has 2 rings (SSSR count). The minimum Gasteiger partial charge on any atom is -0.399 e. The van der Waals surface area contributed by atoms with Gasteiger partial charge < -0.3 is 24.4 Å². The monoisotopic (exact) mass is 363 g/mol. The molecule has 0 saturated carbocycles. The fourth-order valence-corrected chi connectivity index (χ4v) is 2.96. The SMILES string of the molecule is CC1(C)OB(c2ccccc2CCC(=O)N(CCO)CCO)OC1(C)C. The van der Waals surface area contributed by atoms with E-state index in [0.29, 0.717) is 12.8 Å². The van der Waals surface area contributed by atoms with Crippen molar-refractivity contribution < 1.29 is 24.3 Å². The molecule has 144 valence electrons. The van der Waals surface area contributed by atoms with Crippen LogP contribution >= 0.6 is 0 Å². The Bertz CT molecular complexity index is 598. The lowest BCUT2D eigenvalue weighted by molar-refractivity contribution is -0.132. The van der Waals surface area contributed by atoms with Gasteiger partial charge in [0.15, 0.2) is 0 Å². The second kappa shape index (κ2) is 8.52. The number of amides is 1. The van der Waals surface area contributed by atoms with Crippen molar-refractivity contribution in [1.82, 2.24) is 4.90 Å². The second-order valence-corrected chi connectivity index (χ2v) is 7.62. The summed E-state index contributed by atoms with van der Waals surface area (Å²) in [5, 5.41) is 18.1. The highest BCUT2D eigenvalue weighted by Crippen LogP contribution is 2.36. The summed E-state index contributed by atoms with van der Waals surface area (Å²) in [6, 6.07) is 7.83. The highest BCUT2D eigenvalue weighted by atomic mass is 16.7. The minimum absolute atomic E-state index is 0.0863. The van der Waals surface area contributed by atoms with Gasteiger partial charge in [-0.2, -0.15) is 0 Å². The van der Waals surface area contributed by atoms with Crippen molar-refractivity contribution in [3.63, 3.8) is 0 Å². The van der Waals surface area contributed by atoms with Crippen molar-refractivity contribution >= 4 is 18.5 Å². The number of benzene rings is 1. The van der Waals surface area contributed by atoms with Crippen molar-refractivity contribution in [3.8, 4) is 0 Å². The zero-order chi connectivity index (χ0) is 19.4. The Kier molecular flexibility index (Phi) is 6.85. The van der Waals surface area contributed by atoms with Crippen molar-refractivity contribution in [3.05, 3.63) is 29.8 Å². The maximum absolute atomic E-state index is 12.4. The number of aliphatic hydroxyl groups excluding tert-OH is 2. The average Bonchev–Trinajstić information content (AvgIpc) is 2.80. The standard InChI is InChI=1S/C19H30BNO5/c1-18(2)19(3,4)26-20(25-18)16-8-6-5-7-15(16)9-10-17(24)21(11-13-22)12-14-23/h5-8,22-23H,9-14H2,1-4H3. The molecule has 1 aromatic rings. The molecule has 1 heterocycles. The third kappa shape index (κ3) is 4.65. The Morgan fingerprint density at radius 3 is 2.12 bits per heavy atom. The van der Waals surface area contributed by atoms with Gasteiger partial charge in [-0.1, -0.05) is 24.3 Å². The normalized spacial score (nSPS) is 18.2. The van der Waals surface area contributed by atoms with Crippen molar-refractivity contribution in [2.24, 2.45) is 0 Å². The highest BCUT2D eigenvalue weighted by Gasteiger charge is 2.52. The highest BCUT2D eigenvalue weighted by molar-refractivity contribution is 6.62. The number of aryl methyl sites for hydroxylation is 1. The van der Waals surface area contributed by atoms with E-state index in [2.05, 4.69) is 0 Å². The molecule has 0 aliphatic carbocycles. The van der Waals surface area contributed by atoms with E-state index in [1.165, 1.54) is 4.90 Å². The maximum atomic E-state index is 12.4. The zero-order valence-corrected chi connectivity index (χ0v) is 16.2. The van der Waals surface area contributed by atoms with Crippen molar-refractivity contribution in [1.29, 1.82) is 0 Å². The summed E-state index contributed by atoms with van der Waals surface area (Å²) >= 11 is 0. The van der Waals surface area contributed by atoms with Crippen LogP contribution in [0.5, 0.6) is 0 Å². The van der Waals surface area contributed by atoms with Crippen LogP contribution < -0.4 is 5.46 Å². The fourth-order valence-electron chi connectivity index (χ4n) is 2.96. The number of nitrogens with zero attached hydrogens (tertiary/aromatic N) is 1. The molecule has 2 N–H and O–H groups in total. The molecule has 0 atom stereocenters. The Labute approximate surface area is 156 Å². The summed E-state index contributed by atoms with van der Waals surface area (Å²) in [5.74, 6) is -0.0863. The first-order valence-electron chi connectivity index (χ1n) is 9.15. The summed E-state index contributed by atoms with van der Waals surface area (Å²) in [6.45, 7) is 8.30. The molecule has 0 spiro atoms. The second-order valence-electron chi connectivity index (χ2n) is 7.62. The summed E-state index contributed by atoms with van der Waals surface area (Å²) in [7, 11) is -0.461. The van der Waals surface area contributed by atoms with Crippen molar-refractivity contribution in [2.75, 3.05) is 26.3 Å². The number of aliphatic hydroxyl groups is 2. The fraction of sp³-hybridized carbons (Fsp3) is 0.632. The van der Waals surface area contributed by atoms with E-state index < -0.39 is 18.3 Å². The molecular formula is C19H30BNO5. The van der Waals surface area contributed by atoms with E-state index >= 15 is 0 Å². The number of hydrogen-bond acceptors (Lipinski definition) is 5. The summed E-state index contributed by atoms with van der Waals surface area (Å²) in [6.07, 6.45) is 0.850. The minimum atomic E-state index is -0.461. The molecule has 26 heavy (non-hydrogen) atoms. The summed E-state index contributed by atoms with van der Waals surface area (Å²) in [5.41, 5.74) is 1.11. The van der Waals surface area contributed by atoms with Gasteiger partial charge in [0.2, 0.25) is 5.91 Å². The van der Waals surface area contributed by atoms with Gasteiger partial charge in [-0.15, -0.1) is 0 Å². The quantitative estimate of drug-likeness (QED) is 0.666. The van der Waals surface area contributed by atoms with Gasteiger partial charge in [0.25, 0.3) is 0 Å². The lowest BCUT2D eigenvalue weighted by Gasteiger charge is -2.32. The molecule has 1 aliphatic heterocycles. The smallest absolute Gasteiger partial charge is 0.399 e. The third-order valence-electron chi connectivity index (χ3n) is 5.26. The van der Waals surface area contributed by atoms with E-state index in [-0.39, 0.29) is 32.2 Å². The molecule has 1 saturated heterocycles. The Morgan fingerprint density at radius 1 is 1.04 bits per heavy atom. The first-order chi connectivity index (χ1) is 12.2. The summed E-state index contributed by atoms with van der Waals surface area (Å²) in [4.78, 5) is 13.9. The van der Waals surface area contributed by atoms with Crippen LogP contribution in [-0.2, 0) is 20.5 Å². The molecule has 1 fully saturated rings. The predicted octanol–water partition coefficient (Wildman–Crippen LogP) is 0.732. The van der Waals surface area contributed by atoms with Gasteiger partial charge in [0.05, 0.1) is 24.4 Å². The van der Waals surface area contributed by atoms with E-state index in [1.807, 2.05) is 52.0 Å². The van der Waals surface area contributed by atoms with Gasteiger partial charge in [-0.05, 0) is 45.1 Å². The third-order valence-corrected chi connectivity index (χ3v) is 5.26. The molecule has 1 amide bonds. The van der Waals surface area contributed by atoms with Gasteiger partial charge >= 0.3 is 7.12 Å². The molecule has 1 aromatic carbocycles. The van der Waals surface area contributed by atoms with Crippen LogP contribution in [0.25, 0.3) is 0 Å². The Hall–Kier alpha value is -1.41. The Balaban J connectivity index is 2.09. The molecule has 6 nitrogen and oxygen atoms in total. The van der Waals surface area contributed by atoms with Crippen LogP contribution in [0.3, 0.4) is 0 Å². The van der Waals surface area contributed by atoms with Crippen LogP contribution in [0.2, 0.25) is 0 Å². The lowest BCUT2D eigenvalue weighted by Crippen LogP contribution is -2.41. The van der Waals surface area contributed by atoms with E-state index in [0.717, 1.165) is 11.0 Å². The van der Waals surface area contributed by atoms with Crippen LogP contribution in [0, 0.1) is 0 Å². The molecule has 7 heteroatoms. The van der Waals surface area contributed by atoms with Crippen LogP contribution in [-0.4, -0.2) is 65.6 Å². The maximum Gasteiger partial charge on any atom is 0.495 e. The predicted molar refractivity (Wildman–Crippen MR) is 101 cm³/mol. The number of rotatable bonds is 8. The first-order valence-corrected chi connectivity index (χ1v) is 9.15. The average molecular weight is 363 g/mol. The van der Waals surface area contributed by atoms with Gasteiger partial charge in [-0.25, -0.2) is 0 Å². The molecule has 0 radical (unpaired) electrons. The number of carbonyl (C=O) groups is 1. The topological polar surface area (TPSA) is 79.2 Å². The van der Waals surface area contributed by atoms with E-state index in [9.17, 15) is 4.79 Å². The van der Waals surface area contributed by atoms with E-state index in [4.69, 9.17) is 19.5 Å². The first kappa shape index (κ1) is 20.9. The van der Waals surface area contributed by atoms with E-state index in [1.54, 1.807) is 0 Å². The van der Waals surface area contributed by atoms with Crippen LogP contribution in [0.4, 0.5) is 0 Å². The number of carbonyl (C=O) groups excluding carboxylic acids is 1. The lowest BCUT2D eigenvalue weighted by atomic mass is 9.75. The van der Waals surface area contributed by atoms with Gasteiger partial charge in [0.1, 0.15) is 0 Å². The molecule has 0 bridgehead atoms. The van der Waals surface area contributed by atoms with Crippen LogP contribution in [0.15, 0.2) is 24.3 Å². The van der Waals surface area contributed by atoms with Gasteiger partial charge in [-0.3, -0.25) is 4.79 Å². The summed E-state index contributed by atoms with van der Waals surface area (Å²) < 4.78 is 12.3. The molecule has 0 unspecified atom stereocenters. The van der Waals surface area contributed by atoms with Crippen LogP contribution in [0.1, 0.15) is 39.7 Å². The largest absolute Gasteiger partial charge is 0.495 e. The van der Waals surface area contributed by atoms with Crippen molar-refractivity contribution in [2.45, 2.75) is 51.7 Å². The number of hydrogen-bond donors (Lipinski definition) is 2. The zero-order valence-electron chi connectivity index (χ0n) is 16.2. The van der Waals surface area contributed by atoms with Gasteiger partial charge in [0, 0.05) is 19.5 Å². The Morgan fingerprint density at radius 2 is 1.58 bits per heavy atom. The molecule has 1 aliphatic rings.